The predicted octanol–water partition coefficient (Wildman–Crippen LogP) is 2.35. The van der Waals surface area contributed by atoms with Gasteiger partial charge in [0.2, 0.25) is 0 Å². The molecule has 0 atom stereocenters. The van der Waals surface area contributed by atoms with Crippen molar-refractivity contribution in [1.82, 2.24) is 4.57 Å². The van der Waals surface area contributed by atoms with Crippen LogP contribution in [-0.4, -0.2) is 19.5 Å². The summed E-state index contributed by atoms with van der Waals surface area (Å²) in [4.78, 5) is 11.7. The van der Waals surface area contributed by atoms with E-state index in [1.54, 1.807) is 38.2 Å². The topological polar surface area (TPSA) is 72.5 Å². The molecule has 120 valence electrons. The number of oxazole rings is 1. The Morgan fingerprint density at radius 3 is 2.48 bits per heavy atom. The second kappa shape index (κ2) is 5.58. The predicted molar refractivity (Wildman–Crippen MR) is 88.1 cm³/mol. The average molecular weight is 332 g/mol. The van der Waals surface area contributed by atoms with Gasteiger partial charge in [0, 0.05) is 13.6 Å². The number of aryl methyl sites for hydroxylation is 1. The molecule has 3 aromatic rings. The van der Waals surface area contributed by atoms with E-state index in [1.165, 1.54) is 27.1 Å². The zero-order chi connectivity index (χ0) is 16.6. The molecule has 0 aliphatic heterocycles. The number of benzene rings is 2. The van der Waals surface area contributed by atoms with Gasteiger partial charge in [-0.2, -0.15) is 0 Å². The van der Waals surface area contributed by atoms with Crippen molar-refractivity contribution >= 4 is 26.8 Å². The van der Waals surface area contributed by atoms with Gasteiger partial charge in [0.25, 0.3) is 10.0 Å². The van der Waals surface area contributed by atoms with Gasteiger partial charge in [-0.3, -0.25) is 8.87 Å². The summed E-state index contributed by atoms with van der Waals surface area (Å²) in [6.45, 7) is 2.07. The van der Waals surface area contributed by atoms with Crippen LogP contribution in [-0.2, 0) is 17.1 Å². The summed E-state index contributed by atoms with van der Waals surface area (Å²) in [7, 11) is -2.19. The first-order valence-corrected chi connectivity index (χ1v) is 8.56. The van der Waals surface area contributed by atoms with Crippen LogP contribution in [0.3, 0.4) is 0 Å². The Morgan fingerprint density at radius 2 is 1.83 bits per heavy atom. The summed E-state index contributed by atoms with van der Waals surface area (Å²) in [6, 6.07) is 13.3. The van der Waals surface area contributed by atoms with E-state index in [2.05, 4.69) is 0 Å². The van der Waals surface area contributed by atoms with Gasteiger partial charge < -0.3 is 4.42 Å². The van der Waals surface area contributed by atoms with Crippen molar-refractivity contribution in [2.45, 2.75) is 11.8 Å². The number of nitrogens with zero attached hydrogens (tertiary/aromatic N) is 2. The highest BCUT2D eigenvalue weighted by Crippen LogP contribution is 2.25. The van der Waals surface area contributed by atoms with Gasteiger partial charge in [0.05, 0.1) is 16.1 Å². The van der Waals surface area contributed by atoms with Crippen LogP contribution in [0.5, 0.6) is 0 Å². The van der Waals surface area contributed by atoms with E-state index in [0.29, 0.717) is 23.3 Å². The third kappa shape index (κ3) is 2.53. The molecule has 1 aromatic heterocycles. The molecular weight excluding hydrogens is 316 g/mol. The number of hydrogen-bond acceptors (Lipinski definition) is 4. The summed E-state index contributed by atoms with van der Waals surface area (Å²) in [5, 5.41) is 0. The Balaban J connectivity index is 2.15. The average Bonchev–Trinajstić information content (AvgIpc) is 2.83. The fourth-order valence-electron chi connectivity index (χ4n) is 2.48. The molecule has 3 rings (SSSR count). The number of hydrogen-bond donors (Lipinski definition) is 0. The Labute approximate surface area is 133 Å². The standard InChI is InChI=1S/C16H16N2O4S/c1-3-18(12-7-5-4-6-8-12)23(20,21)13-9-10-15-14(11-13)17(2)16(19)22-15/h4-11H,3H2,1-2H3. The lowest BCUT2D eigenvalue weighted by Crippen LogP contribution is -2.30. The molecule has 0 aliphatic rings. The number of para-hydroxylation sites is 1. The van der Waals surface area contributed by atoms with Gasteiger partial charge in [0.15, 0.2) is 5.58 Å². The Bertz CT molecular complexity index is 1000. The third-order valence-corrected chi connectivity index (χ3v) is 5.58. The van der Waals surface area contributed by atoms with Crippen molar-refractivity contribution in [3.63, 3.8) is 0 Å². The highest BCUT2D eigenvalue weighted by atomic mass is 32.2. The first-order chi connectivity index (χ1) is 10.9. The molecule has 0 bridgehead atoms. The summed E-state index contributed by atoms with van der Waals surface area (Å²) >= 11 is 0. The van der Waals surface area contributed by atoms with E-state index in [0.717, 1.165) is 0 Å². The van der Waals surface area contributed by atoms with Crippen molar-refractivity contribution in [3.05, 3.63) is 59.1 Å². The van der Waals surface area contributed by atoms with E-state index < -0.39 is 15.8 Å². The van der Waals surface area contributed by atoms with Gasteiger partial charge in [0.1, 0.15) is 0 Å². The van der Waals surface area contributed by atoms with Gasteiger partial charge in [-0.05, 0) is 37.3 Å². The molecule has 0 saturated heterocycles. The summed E-state index contributed by atoms with van der Waals surface area (Å²) in [5.41, 5.74) is 1.40. The van der Waals surface area contributed by atoms with E-state index in [-0.39, 0.29) is 4.90 Å². The Hall–Kier alpha value is -2.54. The van der Waals surface area contributed by atoms with Gasteiger partial charge in [-0.1, -0.05) is 18.2 Å². The van der Waals surface area contributed by atoms with E-state index in [1.807, 2.05) is 6.07 Å². The normalized spacial score (nSPS) is 11.7. The van der Waals surface area contributed by atoms with Crippen LogP contribution < -0.4 is 10.1 Å². The summed E-state index contributed by atoms with van der Waals surface area (Å²) < 4.78 is 33.5. The fourth-order valence-corrected chi connectivity index (χ4v) is 3.97. The number of rotatable bonds is 4. The maximum absolute atomic E-state index is 12.9. The minimum Gasteiger partial charge on any atom is -0.408 e. The zero-order valence-corrected chi connectivity index (χ0v) is 13.6. The van der Waals surface area contributed by atoms with Crippen LogP contribution in [0.4, 0.5) is 5.69 Å². The maximum atomic E-state index is 12.9. The van der Waals surface area contributed by atoms with Crippen LogP contribution in [0.1, 0.15) is 6.92 Å². The molecule has 0 N–H and O–H groups in total. The molecule has 6 nitrogen and oxygen atoms in total. The lowest BCUT2D eigenvalue weighted by Gasteiger charge is -2.22. The number of sulfonamides is 1. The van der Waals surface area contributed by atoms with Crippen LogP contribution >= 0.6 is 0 Å². The van der Waals surface area contributed by atoms with Crippen LogP contribution in [0.25, 0.3) is 11.1 Å². The number of fused-ring (bicyclic) bond motifs is 1. The minimum absolute atomic E-state index is 0.118. The molecule has 0 amide bonds. The van der Waals surface area contributed by atoms with Crippen LogP contribution in [0.2, 0.25) is 0 Å². The molecule has 0 spiro atoms. The molecule has 0 saturated carbocycles. The highest BCUT2D eigenvalue weighted by Gasteiger charge is 2.24. The number of anilines is 1. The quantitative estimate of drug-likeness (QED) is 0.735. The molecule has 0 unspecified atom stereocenters. The second-order valence-electron chi connectivity index (χ2n) is 5.06. The molecule has 2 aromatic carbocycles. The lowest BCUT2D eigenvalue weighted by molar-refractivity contribution is 0.528. The largest absolute Gasteiger partial charge is 0.419 e. The van der Waals surface area contributed by atoms with Gasteiger partial charge in [-0.25, -0.2) is 13.2 Å². The first kappa shape index (κ1) is 15.4. The van der Waals surface area contributed by atoms with E-state index in [9.17, 15) is 13.2 Å². The van der Waals surface area contributed by atoms with Crippen LogP contribution in [0, 0.1) is 0 Å². The molecule has 23 heavy (non-hydrogen) atoms. The second-order valence-corrected chi connectivity index (χ2v) is 6.92. The molecule has 1 heterocycles. The summed E-state index contributed by atoms with van der Waals surface area (Å²) in [6.07, 6.45) is 0. The fraction of sp³-hybridized carbons (Fsp3) is 0.188. The zero-order valence-electron chi connectivity index (χ0n) is 12.8. The van der Waals surface area contributed by atoms with Gasteiger partial charge in [-0.15, -0.1) is 0 Å². The lowest BCUT2D eigenvalue weighted by atomic mass is 10.3. The van der Waals surface area contributed by atoms with Crippen LogP contribution in [0.15, 0.2) is 62.6 Å². The minimum atomic E-state index is -3.73. The molecule has 7 heteroatoms. The monoisotopic (exact) mass is 332 g/mol. The van der Waals surface area contributed by atoms with Crippen molar-refractivity contribution in [3.8, 4) is 0 Å². The number of aromatic nitrogens is 1. The SMILES string of the molecule is CCN(c1ccccc1)S(=O)(=O)c1ccc2oc(=O)n(C)c2c1. The van der Waals surface area contributed by atoms with E-state index in [4.69, 9.17) is 4.42 Å². The highest BCUT2D eigenvalue weighted by molar-refractivity contribution is 7.92. The van der Waals surface area contributed by atoms with Crippen molar-refractivity contribution < 1.29 is 12.8 Å². The third-order valence-electron chi connectivity index (χ3n) is 3.68. The Kier molecular flexibility index (Phi) is 3.73. The smallest absolute Gasteiger partial charge is 0.408 e. The Morgan fingerprint density at radius 1 is 1.13 bits per heavy atom. The maximum Gasteiger partial charge on any atom is 0.419 e. The van der Waals surface area contributed by atoms with Gasteiger partial charge >= 0.3 is 5.76 Å². The summed E-state index contributed by atoms with van der Waals surface area (Å²) in [5.74, 6) is -0.523. The molecule has 0 fully saturated rings. The van der Waals surface area contributed by atoms with Crippen molar-refractivity contribution in [2.75, 3.05) is 10.8 Å². The molecule has 0 aliphatic carbocycles. The van der Waals surface area contributed by atoms with Crippen molar-refractivity contribution in [2.24, 2.45) is 7.05 Å². The van der Waals surface area contributed by atoms with E-state index >= 15 is 0 Å². The molecular formula is C16H16N2O4S. The first-order valence-electron chi connectivity index (χ1n) is 7.12. The van der Waals surface area contributed by atoms with Crippen molar-refractivity contribution in [1.29, 1.82) is 0 Å². The molecule has 0 radical (unpaired) electrons.